The van der Waals surface area contributed by atoms with Gasteiger partial charge in [0.2, 0.25) is 0 Å². The third kappa shape index (κ3) is 4.25. The maximum Gasteiger partial charge on any atom is 0.357 e. The van der Waals surface area contributed by atoms with Gasteiger partial charge >= 0.3 is 5.97 Å². The Labute approximate surface area is 155 Å². The summed E-state index contributed by atoms with van der Waals surface area (Å²) in [4.78, 5) is 24.0. The SMILES string of the molecule is CCCOc1ccc(OCCn2nc(C(=O)O)c3ccccc3c2=O)cc1. The number of benzene rings is 2. The van der Waals surface area contributed by atoms with Crippen LogP contribution in [0, 0.1) is 0 Å². The summed E-state index contributed by atoms with van der Waals surface area (Å²) in [5.41, 5.74) is -0.495. The lowest BCUT2D eigenvalue weighted by Gasteiger charge is -2.10. The van der Waals surface area contributed by atoms with Crippen LogP contribution < -0.4 is 15.0 Å². The van der Waals surface area contributed by atoms with Crippen LogP contribution in [0.2, 0.25) is 0 Å². The van der Waals surface area contributed by atoms with E-state index in [9.17, 15) is 14.7 Å². The molecule has 0 radical (unpaired) electrons. The monoisotopic (exact) mass is 368 g/mol. The summed E-state index contributed by atoms with van der Waals surface area (Å²) in [6.07, 6.45) is 0.935. The van der Waals surface area contributed by atoms with E-state index in [0.717, 1.165) is 16.9 Å². The number of aromatic nitrogens is 2. The molecule has 3 rings (SSSR count). The predicted molar refractivity (Wildman–Crippen MR) is 101 cm³/mol. The van der Waals surface area contributed by atoms with Crippen LogP contribution in [0.15, 0.2) is 53.3 Å². The lowest BCUT2D eigenvalue weighted by Crippen LogP contribution is -2.28. The Kier molecular flexibility index (Phi) is 5.71. The number of fused-ring (bicyclic) bond motifs is 1. The second kappa shape index (κ2) is 8.35. The first kappa shape index (κ1) is 18.4. The van der Waals surface area contributed by atoms with E-state index in [1.54, 1.807) is 36.4 Å². The second-order valence-corrected chi connectivity index (χ2v) is 5.90. The van der Waals surface area contributed by atoms with E-state index in [2.05, 4.69) is 5.10 Å². The fourth-order valence-corrected chi connectivity index (χ4v) is 2.65. The van der Waals surface area contributed by atoms with E-state index in [-0.39, 0.29) is 24.4 Å². The topological polar surface area (TPSA) is 90.7 Å². The lowest BCUT2D eigenvalue weighted by atomic mass is 10.1. The van der Waals surface area contributed by atoms with Crippen LogP contribution in [0.5, 0.6) is 11.5 Å². The third-order valence-corrected chi connectivity index (χ3v) is 3.94. The molecular weight excluding hydrogens is 348 g/mol. The van der Waals surface area contributed by atoms with Crippen molar-refractivity contribution in [2.24, 2.45) is 0 Å². The van der Waals surface area contributed by atoms with Crippen molar-refractivity contribution in [3.05, 3.63) is 64.6 Å². The van der Waals surface area contributed by atoms with Crippen LogP contribution in [0.25, 0.3) is 10.8 Å². The molecule has 0 atom stereocenters. The first-order valence-electron chi connectivity index (χ1n) is 8.69. The van der Waals surface area contributed by atoms with Gasteiger partial charge in [-0.3, -0.25) is 4.79 Å². The molecule has 140 valence electrons. The lowest BCUT2D eigenvalue weighted by molar-refractivity contribution is 0.0689. The van der Waals surface area contributed by atoms with Crippen LogP contribution in [-0.2, 0) is 6.54 Å². The minimum Gasteiger partial charge on any atom is -0.494 e. The number of carboxylic acids is 1. The Morgan fingerprint density at radius 2 is 1.59 bits per heavy atom. The van der Waals surface area contributed by atoms with Crippen molar-refractivity contribution in [2.45, 2.75) is 19.9 Å². The zero-order valence-electron chi connectivity index (χ0n) is 14.9. The average molecular weight is 368 g/mol. The van der Waals surface area contributed by atoms with E-state index in [1.165, 1.54) is 0 Å². The number of hydrogen-bond acceptors (Lipinski definition) is 5. The number of ether oxygens (including phenoxy) is 2. The number of aromatic carboxylic acids is 1. The van der Waals surface area contributed by atoms with Crippen molar-refractivity contribution in [3.8, 4) is 11.5 Å². The van der Waals surface area contributed by atoms with E-state index in [0.29, 0.717) is 23.1 Å². The van der Waals surface area contributed by atoms with Gasteiger partial charge in [0, 0.05) is 5.39 Å². The van der Waals surface area contributed by atoms with Crippen molar-refractivity contribution >= 4 is 16.7 Å². The van der Waals surface area contributed by atoms with Gasteiger partial charge in [-0.1, -0.05) is 25.1 Å². The Bertz CT molecular complexity index is 995. The number of hydrogen-bond donors (Lipinski definition) is 1. The van der Waals surface area contributed by atoms with Gasteiger partial charge in [0.25, 0.3) is 5.56 Å². The molecule has 0 saturated carbocycles. The zero-order chi connectivity index (χ0) is 19.2. The van der Waals surface area contributed by atoms with Crippen LogP contribution >= 0.6 is 0 Å². The maximum absolute atomic E-state index is 12.5. The Hall–Kier alpha value is -3.35. The molecular formula is C20H20N2O5. The van der Waals surface area contributed by atoms with Gasteiger partial charge in [-0.15, -0.1) is 0 Å². The van der Waals surface area contributed by atoms with Crippen molar-refractivity contribution in [2.75, 3.05) is 13.2 Å². The quantitative estimate of drug-likeness (QED) is 0.657. The molecule has 0 spiro atoms. The third-order valence-electron chi connectivity index (χ3n) is 3.94. The van der Waals surface area contributed by atoms with Crippen LogP contribution in [-0.4, -0.2) is 34.1 Å². The summed E-state index contributed by atoms with van der Waals surface area (Å²) >= 11 is 0. The molecule has 1 N–H and O–H groups in total. The Morgan fingerprint density at radius 1 is 1.00 bits per heavy atom. The number of nitrogens with zero attached hydrogens (tertiary/aromatic N) is 2. The smallest absolute Gasteiger partial charge is 0.357 e. The van der Waals surface area contributed by atoms with E-state index in [4.69, 9.17) is 9.47 Å². The minimum atomic E-state index is -1.18. The van der Waals surface area contributed by atoms with Gasteiger partial charge in [0.15, 0.2) is 5.69 Å². The van der Waals surface area contributed by atoms with E-state index < -0.39 is 5.97 Å². The fraction of sp³-hybridized carbons (Fsp3) is 0.250. The Morgan fingerprint density at radius 3 is 2.19 bits per heavy atom. The second-order valence-electron chi connectivity index (χ2n) is 5.90. The van der Waals surface area contributed by atoms with Gasteiger partial charge in [-0.2, -0.15) is 5.10 Å². The molecule has 0 bridgehead atoms. The molecule has 27 heavy (non-hydrogen) atoms. The highest BCUT2D eigenvalue weighted by molar-refractivity contribution is 6.01. The van der Waals surface area contributed by atoms with Crippen molar-refractivity contribution < 1.29 is 19.4 Å². The first-order chi connectivity index (χ1) is 13.1. The summed E-state index contributed by atoms with van der Waals surface area (Å²) < 4.78 is 12.3. The number of carbonyl (C=O) groups is 1. The van der Waals surface area contributed by atoms with Crippen LogP contribution in [0.4, 0.5) is 0 Å². The highest BCUT2D eigenvalue weighted by Gasteiger charge is 2.15. The summed E-state index contributed by atoms with van der Waals surface area (Å²) in [6.45, 7) is 3.01. The van der Waals surface area contributed by atoms with Gasteiger partial charge in [0.1, 0.15) is 18.1 Å². The summed E-state index contributed by atoms with van der Waals surface area (Å²) in [5, 5.41) is 14.0. The fourth-order valence-electron chi connectivity index (χ4n) is 2.65. The normalized spacial score (nSPS) is 10.7. The van der Waals surface area contributed by atoms with E-state index in [1.807, 2.05) is 19.1 Å². The van der Waals surface area contributed by atoms with Gasteiger partial charge < -0.3 is 14.6 Å². The highest BCUT2D eigenvalue weighted by Crippen LogP contribution is 2.18. The minimum absolute atomic E-state index is 0.137. The molecule has 0 aliphatic heterocycles. The summed E-state index contributed by atoms with van der Waals surface area (Å²) in [7, 11) is 0. The highest BCUT2D eigenvalue weighted by atomic mass is 16.5. The van der Waals surface area contributed by atoms with Gasteiger partial charge in [0.05, 0.1) is 18.5 Å². The molecule has 0 fully saturated rings. The standard InChI is InChI=1S/C20H20N2O5/c1-2-12-26-14-7-9-15(10-8-14)27-13-11-22-19(23)17-6-4-3-5-16(17)18(21-22)20(24)25/h3-10H,2,11-13H2,1H3,(H,24,25). The van der Waals surface area contributed by atoms with Crippen molar-refractivity contribution in [1.29, 1.82) is 0 Å². The molecule has 1 aromatic heterocycles. The molecule has 0 aliphatic carbocycles. The molecule has 7 nitrogen and oxygen atoms in total. The zero-order valence-corrected chi connectivity index (χ0v) is 14.9. The maximum atomic E-state index is 12.5. The average Bonchev–Trinajstić information content (AvgIpc) is 2.69. The largest absolute Gasteiger partial charge is 0.494 e. The van der Waals surface area contributed by atoms with Crippen LogP contribution in [0.3, 0.4) is 0 Å². The molecule has 0 saturated heterocycles. The molecule has 3 aromatic rings. The van der Waals surface area contributed by atoms with Crippen molar-refractivity contribution in [1.82, 2.24) is 9.78 Å². The molecule has 0 unspecified atom stereocenters. The summed E-state index contributed by atoms with van der Waals surface area (Å²) in [6, 6.07) is 13.7. The number of carboxylic acid groups (broad SMARTS) is 1. The molecule has 2 aromatic carbocycles. The van der Waals surface area contributed by atoms with Gasteiger partial charge in [-0.25, -0.2) is 9.48 Å². The molecule has 7 heteroatoms. The summed E-state index contributed by atoms with van der Waals surface area (Å²) in [5.74, 6) is 0.220. The van der Waals surface area contributed by atoms with E-state index >= 15 is 0 Å². The van der Waals surface area contributed by atoms with Crippen molar-refractivity contribution in [3.63, 3.8) is 0 Å². The Balaban J connectivity index is 1.73. The van der Waals surface area contributed by atoms with Crippen LogP contribution in [0.1, 0.15) is 23.8 Å². The van der Waals surface area contributed by atoms with Gasteiger partial charge in [-0.05, 0) is 36.8 Å². The molecule has 0 amide bonds. The molecule has 1 heterocycles. The number of rotatable bonds is 8. The first-order valence-corrected chi connectivity index (χ1v) is 8.69. The predicted octanol–water partition coefficient (Wildman–Crippen LogP) is 2.96. The molecule has 0 aliphatic rings.